The van der Waals surface area contributed by atoms with Crippen molar-refractivity contribution < 1.29 is 9.13 Å². The van der Waals surface area contributed by atoms with E-state index in [0.29, 0.717) is 25.3 Å². The van der Waals surface area contributed by atoms with Crippen molar-refractivity contribution >= 4 is 0 Å². The molecule has 0 bridgehead atoms. The highest BCUT2D eigenvalue weighted by molar-refractivity contribution is 5.20. The summed E-state index contributed by atoms with van der Waals surface area (Å²) in [6, 6.07) is 6.91. The molecule has 0 aliphatic carbocycles. The minimum absolute atomic E-state index is 0.0395. The molecule has 0 aliphatic rings. The number of nitrogens with zero attached hydrogens (tertiary/aromatic N) is 1. The molecule has 1 rings (SSSR count). The van der Waals surface area contributed by atoms with Crippen LogP contribution in [0.25, 0.3) is 0 Å². The maximum atomic E-state index is 13.6. The van der Waals surface area contributed by atoms with Gasteiger partial charge in [0.1, 0.15) is 5.82 Å². The van der Waals surface area contributed by atoms with Gasteiger partial charge in [-0.3, -0.25) is 4.90 Å². The molecule has 0 amide bonds. The third-order valence-corrected chi connectivity index (χ3v) is 2.87. The minimum Gasteiger partial charge on any atom is -0.379 e. The molecule has 96 valence electrons. The van der Waals surface area contributed by atoms with Crippen molar-refractivity contribution in [3.05, 3.63) is 35.6 Å². The number of rotatable bonds is 7. The third kappa shape index (κ3) is 4.42. The number of benzene rings is 1. The average Bonchev–Trinajstić information content (AvgIpc) is 2.34. The second-order valence-corrected chi connectivity index (χ2v) is 4.08. The van der Waals surface area contributed by atoms with Gasteiger partial charge in [-0.25, -0.2) is 4.39 Å². The van der Waals surface area contributed by atoms with Gasteiger partial charge in [0, 0.05) is 24.7 Å². The Kier molecular flexibility index (Phi) is 6.11. The molecule has 4 heteroatoms. The van der Waals surface area contributed by atoms with Crippen LogP contribution >= 0.6 is 0 Å². The van der Waals surface area contributed by atoms with Gasteiger partial charge >= 0.3 is 0 Å². The van der Waals surface area contributed by atoms with Crippen LogP contribution in [-0.2, 0) is 4.74 Å². The Hall–Kier alpha value is -0.970. The highest BCUT2D eigenvalue weighted by atomic mass is 19.1. The molecule has 0 fully saturated rings. The number of nitrogens with two attached hydrogens (primary N) is 1. The summed E-state index contributed by atoms with van der Waals surface area (Å²) in [7, 11) is 1.96. The SMILES string of the molecule is CC(c1ccccc1F)N(C)CCOCCN. The molecule has 3 nitrogen and oxygen atoms in total. The summed E-state index contributed by atoms with van der Waals surface area (Å²) in [4.78, 5) is 2.06. The molecule has 0 spiro atoms. The first-order valence-electron chi connectivity index (χ1n) is 5.89. The Morgan fingerprint density at radius 1 is 1.35 bits per heavy atom. The second-order valence-electron chi connectivity index (χ2n) is 4.08. The van der Waals surface area contributed by atoms with E-state index < -0.39 is 0 Å². The molecular formula is C13H21FN2O. The van der Waals surface area contributed by atoms with E-state index in [4.69, 9.17) is 10.5 Å². The van der Waals surface area contributed by atoms with Gasteiger partial charge in [0.2, 0.25) is 0 Å². The van der Waals surface area contributed by atoms with Gasteiger partial charge in [-0.2, -0.15) is 0 Å². The zero-order chi connectivity index (χ0) is 12.7. The summed E-state index contributed by atoms with van der Waals surface area (Å²) in [6.07, 6.45) is 0. The zero-order valence-electron chi connectivity index (χ0n) is 10.5. The number of hydrogen-bond donors (Lipinski definition) is 1. The van der Waals surface area contributed by atoms with Crippen molar-refractivity contribution in [1.82, 2.24) is 4.90 Å². The van der Waals surface area contributed by atoms with E-state index in [9.17, 15) is 4.39 Å². The number of ether oxygens (including phenoxy) is 1. The molecule has 17 heavy (non-hydrogen) atoms. The van der Waals surface area contributed by atoms with E-state index in [1.807, 2.05) is 26.1 Å². The molecule has 0 saturated carbocycles. The number of halogens is 1. The number of hydrogen-bond acceptors (Lipinski definition) is 3. The van der Waals surface area contributed by atoms with Gasteiger partial charge in [-0.1, -0.05) is 18.2 Å². The van der Waals surface area contributed by atoms with Crippen LogP contribution in [0.4, 0.5) is 4.39 Å². The van der Waals surface area contributed by atoms with Crippen LogP contribution in [0.1, 0.15) is 18.5 Å². The van der Waals surface area contributed by atoms with Crippen LogP contribution in [0.15, 0.2) is 24.3 Å². The maximum absolute atomic E-state index is 13.6. The van der Waals surface area contributed by atoms with Gasteiger partial charge < -0.3 is 10.5 Å². The van der Waals surface area contributed by atoms with Crippen molar-refractivity contribution in [3.63, 3.8) is 0 Å². The molecule has 0 saturated heterocycles. The molecule has 0 aromatic heterocycles. The lowest BCUT2D eigenvalue weighted by atomic mass is 10.1. The first-order chi connectivity index (χ1) is 8.16. The van der Waals surface area contributed by atoms with Crippen LogP contribution in [0.2, 0.25) is 0 Å². The van der Waals surface area contributed by atoms with Crippen LogP contribution in [0, 0.1) is 5.82 Å². The second kappa shape index (κ2) is 7.37. The zero-order valence-corrected chi connectivity index (χ0v) is 10.5. The molecule has 1 aromatic rings. The fraction of sp³-hybridized carbons (Fsp3) is 0.538. The van der Waals surface area contributed by atoms with Crippen molar-refractivity contribution in [2.45, 2.75) is 13.0 Å². The van der Waals surface area contributed by atoms with Crippen LogP contribution in [-0.4, -0.2) is 38.3 Å². The predicted molar refractivity (Wildman–Crippen MR) is 67.3 cm³/mol. The smallest absolute Gasteiger partial charge is 0.127 e. The number of likely N-dealkylation sites (N-methyl/N-ethyl adjacent to an activating group) is 1. The first-order valence-corrected chi connectivity index (χ1v) is 5.89. The molecule has 1 unspecified atom stereocenters. The lowest BCUT2D eigenvalue weighted by Crippen LogP contribution is -2.27. The monoisotopic (exact) mass is 240 g/mol. The van der Waals surface area contributed by atoms with Crippen molar-refractivity contribution in [3.8, 4) is 0 Å². The highest BCUT2D eigenvalue weighted by Gasteiger charge is 2.14. The van der Waals surface area contributed by atoms with Gasteiger partial charge in [0.15, 0.2) is 0 Å². The third-order valence-electron chi connectivity index (χ3n) is 2.87. The normalized spacial score (nSPS) is 13.0. The van der Waals surface area contributed by atoms with E-state index in [0.717, 1.165) is 6.54 Å². The van der Waals surface area contributed by atoms with E-state index >= 15 is 0 Å². The molecule has 1 aromatic carbocycles. The summed E-state index contributed by atoms with van der Waals surface area (Å²) in [6.45, 7) is 4.47. The van der Waals surface area contributed by atoms with Gasteiger partial charge in [-0.05, 0) is 20.0 Å². The summed E-state index contributed by atoms with van der Waals surface area (Å²) in [5.74, 6) is -0.158. The average molecular weight is 240 g/mol. The van der Waals surface area contributed by atoms with Crippen molar-refractivity contribution in [2.75, 3.05) is 33.4 Å². The molecule has 0 aliphatic heterocycles. The Balaban J connectivity index is 2.46. The van der Waals surface area contributed by atoms with Gasteiger partial charge in [0.05, 0.1) is 13.2 Å². The fourth-order valence-electron chi connectivity index (χ4n) is 1.64. The summed E-state index contributed by atoms with van der Waals surface area (Å²) < 4.78 is 18.9. The van der Waals surface area contributed by atoms with Crippen molar-refractivity contribution in [2.24, 2.45) is 5.73 Å². The predicted octanol–water partition coefficient (Wildman–Crippen LogP) is 1.79. The summed E-state index contributed by atoms with van der Waals surface area (Å²) in [5, 5.41) is 0. The minimum atomic E-state index is -0.158. The van der Waals surface area contributed by atoms with Crippen LogP contribution in [0.3, 0.4) is 0 Å². The molecule has 2 N–H and O–H groups in total. The Labute approximate surface area is 102 Å². The first kappa shape index (κ1) is 14.1. The van der Waals surface area contributed by atoms with Gasteiger partial charge in [0.25, 0.3) is 0 Å². The molecular weight excluding hydrogens is 219 g/mol. The van der Waals surface area contributed by atoms with E-state index in [2.05, 4.69) is 4.90 Å². The van der Waals surface area contributed by atoms with Crippen LogP contribution in [0.5, 0.6) is 0 Å². The Bertz CT molecular complexity index is 333. The largest absolute Gasteiger partial charge is 0.379 e. The molecule has 1 atom stereocenters. The Morgan fingerprint density at radius 3 is 2.71 bits per heavy atom. The summed E-state index contributed by atoms with van der Waals surface area (Å²) >= 11 is 0. The lowest BCUT2D eigenvalue weighted by molar-refractivity contribution is 0.105. The molecule has 0 radical (unpaired) electrons. The summed E-state index contributed by atoms with van der Waals surface area (Å²) in [5.41, 5.74) is 6.04. The Morgan fingerprint density at radius 2 is 2.06 bits per heavy atom. The maximum Gasteiger partial charge on any atom is 0.127 e. The lowest BCUT2D eigenvalue weighted by Gasteiger charge is -2.25. The fourth-order valence-corrected chi connectivity index (χ4v) is 1.64. The topological polar surface area (TPSA) is 38.5 Å². The van der Waals surface area contributed by atoms with E-state index in [-0.39, 0.29) is 11.9 Å². The quantitative estimate of drug-likeness (QED) is 0.738. The van der Waals surface area contributed by atoms with Crippen LogP contribution < -0.4 is 5.73 Å². The molecule has 0 heterocycles. The van der Waals surface area contributed by atoms with Crippen molar-refractivity contribution in [1.29, 1.82) is 0 Å². The highest BCUT2D eigenvalue weighted by Crippen LogP contribution is 2.20. The standard InChI is InChI=1S/C13H21FN2O/c1-11(12-5-3-4-6-13(12)14)16(2)8-10-17-9-7-15/h3-6,11H,7-10,15H2,1-2H3. The van der Waals surface area contributed by atoms with E-state index in [1.165, 1.54) is 6.07 Å². The van der Waals surface area contributed by atoms with E-state index in [1.54, 1.807) is 6.07 Å². The van der Waals surface area contributed by atoms with Gasteiger partial charge in [-0.15, -0.1) is 0 Å².